The molecule has 1 aliphatic carbocycles. The first-order valence-corrected chi connectivity index (χ1v) is 10.8. The standard InChI is InChI=1S/C21H30N4OS/c1-15-17(12-23-25(15)20(2,3)4)19(26)24(13-16-5-10-27-14-16)18-11-21(18)6-8-22-9-7-21/h5,10,12,14,18,22H,6-9,11,13H2,1-4H3. The number of hydrogen-bond donors (Lipinski definition) is 1. The Hall–Kier alpha value is -1.66. The number of rotatable bonds is 4. The number of aromatic nitrogens is 2. The molecule has 0 bridgehead atoms. The first kappa shape index (κ1) is 18.7. The fourth-order valence-corrected chi connectivity index (χ4v) is 5.24. The summed E-state index contributed by atoms with van der Waals surface area (Å²) in [6.07, 6.45) is 5.24. The Bertz CT molecular complexity index is 812. The van der Waals surface area contributed by atoms with Crippen molar-refractivity contribution >= 4 is 17.2 Å². The normalized spacial score (nSPS) is 21.4. The van der Waals surface area contributed by atoms with Crippen LogP contribution in [0.3, 0.4) is 0 Å². The Kier molecular flexibility index (Phi) is 4.67. The molecule has 5 nitrogen and oxygen atoms in total. The zero-order valence-corrected chi connectivity index (χ0v) is 17.6. The van der Waals surface area contributed by atoms with Gasteiger partial charge < -0.3 is 10.2 Å². The molecular formula is C21H30N4OS. The summed E-state index contributed by atoms with van der Waals surface area (Å²) in [4.78, 5) is 15.7. The minimum atomic E-state index is -0.128. The van der Waals surface area contributed by atoms with E-state index in [1.807, 2.05) is 11.6 Å². The van der Waals surface area contributed by atoms with E-state index in [1.165, 1.54) is 18.4 Å². The SMILES string of the molecule is Cc1c(C(=O)N(Cc2ccsc2)C2CC23CCNCC3)cnn1C(C)(C)C. The van der Waals surface area contributed by atoms with Gasteiger partial charge in [0, 0.05) is 18.3 Å². The molecule has 1 N–H and O–H groups in total. The van der Waals surface area contributed by atoms with Crippen molar-refractivity contribution in [1.82, 2.24) is 20.0 Å². The number of thiophene rings is 1. The highest BCUT2D eigenvalue weighted by Crippen LogP contribution is 2.56. The summed E-state index contributed by atoms with van der Waals surface area (Å²) < 4.78 is 1.97. The van der Waals surface area contributed by atoms with Crippen LogP contribution in [0.15, 0.2) is 23.0 Å². The maximum absolute atomic E-state index is 13.6. The number of nitrogens with one attached hydrogen (secondary N) is 1. The van der Waals surface area contributed by atoms with Crippen molar-refractivity contribution in [2.45, 2.75) is 65.1 Å². The summed E-state index contributed by atoms with van der Waals surface area (Å²) in [5.74, 6) is 0.134. The molecule has 1 unspecified atom stereocenters. The maximum atomic E-state index is 13.6. The van der Waals surface area contributed by atoms with Gasteiger partial charge in [0.05, 0.1) is 17.3 Å². The smallest absolute Gasteiger partial charge is 0.257 e. The molecule has 2 aromatic rings. The molecule has 146 valence electrons. The van der Waals surface area contributed by atoms with Gasteiger partial charge in [0.2, 0.25) is 0 Å². The molecule has 1 saturated carbocycles. The quantitative estimate of drug-likeness (QED) is 0.870. The topological polar surface area (TPSA) is 50.2 Å². The van der Waals surface area contributed by atoms with E-state index in [9.17, 15) is 4.79 Å². The number of nitrogens with zero attached hydrogens (tertiary/aromatic N) is 3. The Labute approximate surface area is 165 Å². The van der Waals surface area contributed by atoms with Crippen molar-refractivity contribution < 1.29 is 4.79 Å². The summed E-state index contributed by atoms with van der Waals surface area (Å²) in [7, 11) is 0. The highest BCUT2D eigenvalue weighted by atomic mass is 32.1. The van der Waals surface area contributed by atoms with Gasteiger partial charge in [-0.2, -0.15) is 16.4 Å². The van der Waals surface area contributed by atoms with Gasteiger partial charge in [-0.1, -0.05) is 0 Å². The fourth-order valence-electron chi connectivity index (χ4n) is 4.58. The lowest BCUT2D eigenvalue weighted by Gasteiger charge is -2.30. The van der Waals surface area contributed by atoms with Crippen LogP contribution in [-0.4, -0.2) is 39.7 Å². The lowest BCUT2D eigenvalue weighted by Crippen LogP contribution is -2.39. The molecule has 2 fully saturated rings. The third kappa shape index (κ3) is 3.45. The predicted molar refractivity (Wildman–Crippen MR) is 109 cm³/mol. The van der Waals surface area contributed by atoms with Gasteiger partial charge in [-0.3, -0.25) is 9.48 Å². The van der Waals surface area contributed by atoms with E-state index in [0.717, 1.165) is 30.8 Å². The molecule has 2 aromatic heterocycles. The van der Waals surface area contributed by atoms with E-state index < -0.39 is 0 Å². The van der Waals surface area contributed by atoms with Crippen LogP contribution in [0.25, 0.3) is 0 Å². The number of amides is 1. The minimum Gasteiger partial charge on any atom is -0.331 e. The van der Waals surface area contributed by atoms with Gasteiger partial charge in [-0.05, 0) is 87.9 Å². The first-order chi connectivity index (χ1) is 12.8. The van der Waals surface area contributed by atoms with Crippen molar-refractivity contribution in [3.05, 3.63) is 39.8 Å². The second-order valence-corrected chi connectivity index (χ2v) is 9.90. The summed E-state index contributed by atoms with van der Waals surface area (Å²) in [6, 6.07) is 2.48. The molecule has 0 aromatic carbocycles. The first-order valence-electron chi connectivity index (χ1n) is 9.90. The van der Waals surface area contributed by atoms with Crippen LogP contribution in [-0.2, 0) is 12.1 Å². The zero-order valence-electron chi connectivity index (χ0n) is 16.8. The summed E-state index contributed by atoms with van der Waals surface area (Å²) in [5.41, 5.74) is 3.13. The maximum Gasteiger partial charge on any atom is 0.257 e. The number of carbonyl (C=O) groups excluding carboxylic acids is 1. The number of hydrogen-bond acceptors (Lipinski definition) is 4. The molecule has 0 radical (unpaired) electrons. The fraction of sp³-hybridized carbons (Fsp3) is 0.619. The summed E-state index contributed by atoms with van der Waals surface area (Å²) in [5, 5.41) is 12.2. The van der Waals surface area contributed by atoms with Crippen LogP contribution < -0.4 is 5.32 Å². The third-order valence-electron chi connectivity index (χ3n) is 6.19. The van der Waals surface area contributed by atoms with E-state index in [1.54, 1.807) is 17.5 Å². The van der Waals surface area contributed by atoms with Crippen LogP contribution in [0.2, 0.25) is 0 Å². The molecule has 27 heavy (non-hydrogen) atoms. The van der Waals surface area contributed by atoms with Crippen LogP contribution in [0.4, 0.5) is 0 Å². The van der Waals surface area contributed by atoms with Crippen molar-refractivity contribution in [1.29, 1.82) is 0 Å². The third-order valence-corrected chi connectivity index (χ3v) is 6.92. The molecular weight excluding hydrogens is 356 g/mol. The van der Waals surface area contributed by atoms with Crippen LogP contribution >= 0.6 is 11.3 Å². The second kappa shape index (κ2) is 6.74. The molecule has 1 spiro atoms. The van der Waals surface area contributed by atoms with Crippen LogP contribution in [0, 0.1) is 12.3 Å². The molecule has 3 heterocycles. The second-order valence-electron chi connectivity index (χ2n) is 9.12. The zero-order chi connectivity index (χ0) is 19.2. The average Bonchev–Trinajstić information content (AvgIpc) is 3.00. The predicted octanol–water partition coefficient (Wildman–Crippen LogP) is 3.79. The van der Waals surface area contributed by atoms with Gasteiger partial charge in [0.1, 0.15) is 0 Å². The van der Waals surface area contributed by atoms with E-state index in [4.69, 9.17) is 0 Å². The Balaban J connectivity index is 1.63. The molecule has 1 amide bonds. The molecule has 1 aliphatic heterocycles. The van der Waals surface area contributed by atoms with Gasteiger partial charge in [-0.25, -0.2) is 0 Å². The molecule has 6 heteroatoms. The highest BCUT2D eigenvalue weighted by Gasteiger charge is 2.58. The van der Waals surface area contributed by atoms with Crippen molar-refractivity contribution in [3.63, 3.8) is 0 Å². The van der Waals surface area contributed by atoms with E-state index in [2.05, 4.69) is 52.9 Å². The Morgan fingerprint density at radius 3 is 2.74 bits per heavy atom. The van der Waals surface area contributed by atoms with Gasteiger partial charge in [0.25, 0.3) is 5.91 Å². The van der Waals surface area contributed by atoms with E-state index >= 15 is 0 Å². The molecule has 2 aliphatic rings. The summed E-state index contributed by atoms with van der Waals surface area (Å²) >= 11 is 1.69. The van der Waals surface area contributed by atoms with Crippen molar-refractivity contribution in [2.24, 2.45) is 5.41 Å². The number of carbonyl (C=O) groups is 1. The summed E-state index contributed by atoms with van der Waals surface area (Å²) in [6.45, 7) is 11.2. The van der Waals surface area contributed by atoms with Crippen LogP contribution in [0.1, 0.15) is 61.6 Å². The molecule has 1 saturated heterocycles. The number of piperidine rings is 1. The van der Waals surface area contributed by atoms with Gasteiger partial charge in [-0.15, -0.1) is 0 Å². The lowest BCUT2D eigenvalue weighted by atomic mass is 9.93. The lowest BCUT2D eigenvalue weighted by molar-refractivity contribution is 0.0691. The van der Waals surface area contributed by atoms with Crippen molar-refractivity contribution in [2.75, 3.05) is 13.1 Å². The van der Waals surface area contributed by atoms with Gasteiger partial charge >= 0.3 is 0 Å². The van der Waals surface area contributed by atoms with E-state index in [0.29, 0.717) is 18.0 Å². The largest absolute Gasteiger partial charge is 0.331 e. The molecule has 4 rings (SSSR count). The monoisotopic (exact) mass is 386 g/mol. The molecule has 1 atom stereocenters. The minimum absolute atomic E-state index is 0.128. The van der Waals surface area contributed by atoms with E-state index in [-0.39, 0.29) is 11.4 Å². The Morgan fingerprint density at radius 1 is 1.41 bits per heavy atom. The van der Waals surface area contributed by atoms with Crippen LogP contribution in [0.5, 0.6) is 0 Å². The Morgan fingerprint density at radius 2 is 2.15 bits per heavy atom. The van der Waals surface area contributed by atoms with Crippen molar-refractivity contribution in [3.8, 4) is 0 Å². The van der Waals surface area contributed by atoms with Gasteiger partial charge in [0.15, 0.2) is 0 Å². The highest BCUT2D eigenvalue weighted by molar-refractivity contribution is 7.07. The average molecular weight is 387 g/mol.